The summed E-state index contributed by atoms with van der Waals surface area (Å²) >= 11 is 1.87. The van der Waals surface area contributed by atoms with Crippen LogP contribution in [0.1, 0.15) is 22.3 Å². The summed E-state index contributed by atoms with van der Waals surface area (Å²) in [6.45, 7) is 0. The zero-order valence-corrected chi connectivity index (χ0v) is 35.7. The lowest BCUT2D eigenvalue weighted by Gasteiger charge is -2.39. The quantitative estimate of drug-likeness (QED) is 0.165. The number of hydrogen-bond donors (Lipinski definition) is 0. The molecule has 9 aromatic carbocycles. The van der Waals surface area contributed by atoms with E-state index in [0.29, 0.717) is 5.82 Å². The van der Waals surface area contributed by atoms with E-state index < -0.39 is 5.41 Å². The van der Waals surface area contributed by atoms with Gasteiger partial charge in [-0.1, -0.05) is 182 Å². The molecule has 302 valence electrons. The lowest BCUT2D eigenvalue weighted by Crippen LogP contribution is -2.31. The first-order valence-electron chi connectivity index (χ1n) is 22.0. The van der Waals surface area contributed by atoms with Gasteiger partial charge in [0, 0.05) is 59.0 Å². The highest BCUT2D eigenvalue weighted by Crippen LogP contribution is 2.63. The minimum absolute atomic E-state index is 0.511. The van der Waals surface area contributed by atoms with Crippen LogP contribution in [-0.2, 0) is 5.41 Å². The molecule has 0 radical (unpaired) electrons. The second-order valence-electron chi connectivity index (χ2n) is 17.0. The number of pyridine rings is 1. The number of rotatable bonds is 4. The van der Waals surface area contributed by atoms with Gasteiger partial charge in [-0.25, -0.2) is 15.0 Å². The molecule has 0 saturated heterocycles. The monoisotopic (exact) mass is 845 g/mol. The standard InChI is InChI=1S/C60H35N3OS/c1-3-16-36(17-4-1)57-43-31-32-48-56(41-21-7-9-24-45(41)60(48)46-25-10-13-28-53(46)65-54-29-14-11-26-47(54)60)55(43)44-34-38(30-33-49(44)61-57)50-35-51(63-59(62-50)37-18-5-2-6-19-37)42-23-15-22-40-39-20-8-12-27-52(39)64-58(40)42/h1-35H. The maximum Gasteiger partial charge on any atom is 0.160 e. The molecule has 12 aromatic rings. The molecule has 0 amide bonds. The van der Waals surface area contributed by atoms with Gasteiger partial charge >= 0.3 is 0 Å². The summed E-state index contributed by atoms with van der Waals surface area (Å²) in [5.74, 6) is 0.651. The molecular formula is C60H35N3OS. The van der Waals surface area contributed by atoms with Gasteiger partial charge in [0.05, 0.1) is 28.0 Å². The molecule has 14 rings (SSSR count). The lowest BCUT2D eigenvalue weighted by atomic mass is 9.67. The van der Waals surface area contributed by atoms with Gasteiger partial charge in [-0.15, -0.1) is 0 Å². The van der Waals surface area contributed by atoms with E-state index in [9.17, 15) is 0 Å². The van der Waals surface area contributed by atoms with Gasteiger partial charge in [-0.05, 0) is 75.8 Å². The van der Waals surface area contributed by atoms with Crippen molar-refractivity contribution in [3.63, 3.8) is 0 Å². The summed E-state index contributed by atoms with van der Waals surface area (Å²) in [6.07, 6.45) is 0. The Morgan fingerprint density at radius 1 is 0.400 bits per heavy atom. The summed E-state index contributed by atoms with van der Waals surface area (Å²) in [5, 5.41) is 5.53. The van der Waals surface area contributed by atoms with E-state index in [0.717, 1.165) is 77.6 Å². The van der Waals surface area contributed by atoms with Crippen molar-refractivity contribution in [2.24, 2.45) is 0 Å². The zero-order valence-electron chi connectivity index (χ0n) is 34.9. The van der Waals surface area contributed by atoms with Crippen LogP contribution in [0.3, 0.4) is 0 Å². The van der Waals surface area contributed by atoms with Crippen molar-refractivity contribution in [2.45, 2.75) is 15.2 Å². The minimum atomic E-state index is -0.511. The van der Waals surface area contributed by atoms with Crippen LogP contribution in [0.4, 0.5) is 0 Å². The fourth-order valence-electron chi connectivity index (χ4n) is 10.8. The molecule has 1 aliphatic heterocycles. The van der Waals surface area contributed by atoms with Gasteiger partial charge in [0.15, 0.2) is 5.82 Å². The largest absolute Gasteiger partial charge is 0.455 e. The Morgan fingerprint density at radius 3 is 1.85 bits per heavy atom. The van der Waals surface area contributed by atoms with Gasteiger partial charge in [-0.2, -0.15) is 0 Å². The number of aromatic nitrogens is 3. The van der Waals surface area contributed by atoms with E-state index in [-0.39, 0.29) is 0 Å². The van der Waals surface area contributed by atoms with Gasteiger partial charge in [0.1, 0.15) is 11.2 Å². The van der Waals surface area contributed by atoms with Crippen molar-refractivity contribution in [3.05, 3.63) is 235 Å². The Labute approximate surface area is 378 Å². The fraction of sp³-hybridized carbons (Fsp3) is 0.0167. The van der Waals surface area contributed by atoms with Crippen molar-refractivity contribution >= 4 is 55.4 Å². The van der Waals surface area contributed by atoms with Crippen LogP contribution in [0.25, 0.3) is 99.9 Å². The third kappa shape index (κ3) is 5.24. The Hall–Kier alpha value is -8.12. The fourth-order valence-corrected chi connectivity index (χ4v) is 12.0. The molecule has 65 heavy (non-hydrogen) atoms. The first-order valence-corrected chi connectivity index (χ1v) is 22.8. The molecule has 1 spiro atoms. The van der Waals surface area contributed by atoms with E-state index in [4.69, 9.17) is 19.4 Å². The predicted octanol–water partition coefficient (Wildman–Crippen LogP) is 15.6. The molecule has 0 N–H and O–H groups in total. The average molecular weight is 846 g/mol. The maximum atomic E-state index is 6.58. The maximum absolute atomic E-state index is 6.58. The van der Waals surface area contributed by atoms with Gasteiger partial charge in [0.25, 0.3) is 0 Å². The third-order valence-corrected chi connectivity index (χ3v) is 14.7. The van der Waals surface area contributed by atoms with E-state index in [2.05, 4.69) is 182 Å². The van der Waals surface area contributed by atoms with Crippen molar-refractivity contribution in [1.29, 1.82) is 0 Å². The van der Waals surface area contributed by atoms with Crippen LogP contribution in [0, 0.1) is 0 Å². The Bertz CT molecular complexity index is 3890. The molecule has 5 heteroatoms. The van der Waals surface area contributed by atoms with E-state index >= 15 is 0 Å². The minimum Gasteiger partial charge on any atom is -0.455 e. The molecule has 0 bridgehead atoms. The van der Waals surface area contributed by atoms with Gasteiger partial charge in [-0.3, -0.25) is 0 Å². The first kappa shape index (κ1) is 36.4. The molecule has 0 fully saturated rings. The molecule has 4 nitrogen and oxygen atoms in total. The summed E-state index contributed by atoms with van der Waals surface area (Å²) in [4.78, 5) is 18.7. The van der Waals surface area contributed by atoms with Gasteiger partial charge in [0.2, 0.25) is 0 Å². The number of hydrogen-bond acceptors (Lipinski definition) is 5. The Morgan fingerprint density at radius 2 is 1.05 bits per heavy atom. The molecule has 3 aromatic heterocycles. The van der Waals surface area contributed by atoms with E-state index in [1.807, 2.05) is 42.1 Å². The summed E-state index contributed by atoms with van der Waals surface area (Å²) < 4.78 is 6.58. The molecule has 0 unspecified atom stereocenters. The third-order valence-electron chi connectivity index (χ3n) is 13.5. The van der Waals surface area contributed by atoms with Crippen LogP contribution in [0.5, 0.6) is 0 Å². The lowest BCUT2D eigenvalue weighted by molar-refractivity contribution is 0.670. The molecule has 2 aliphatic rings. The smallest absolute Gasteiger partial charge is 0.160 e. The predicted molar refractivity (Wildman–Crippen MR) is 265 cm³/mol. The second-order valence-corrected chi connectivity index (χ2v) is 18.1. The van der Waals surface area contributed by atoms with Crippen LogP contribution in [-0.4, -0.2) is 15.0 Å². The average Bonchev–Trinajstić information content (AvgIpc) is 3.90. The highest BCUT2D eigenvalue weighted by atomic mass is 32.2. The van der Waals surface area contributed by atoms with E-state index in [1.165, 1.54) is 48.6 Å². The molecule has 4 heterocycles. The van der Waals surface area contributed by atoms with Crippen LogP contribution < -0.4 is 0 Å². The zero-order chi connectivity index (χ0) is 42.6. The number of nitrogens with zero attached hydrogens (tertiary/aromatic N) is 3. The molecule has 0 saturated carbocycles. The number of para-hydroxylation sites is 2. The van der Waals surface area contributed by atoms with E-state index in [1.54, 1.807) is 0 Å². The topological polar surface area (TPSA) is 51.8 Å². The van der Waals surface area contributed by atoms with Crippen LogP contribution >= 0.6 is 11.8 Å². The molecular weight excluding hydrogens is 811 g/mol. The summed E-state index contributed by atoms with van der Waals surface area (Å²) in [6, 6.07) is 76.0. The van der Waals surface area contributed by atoms with Crippen molar-refractivity contribution in [1.82, 2.24) is 15.0 Å². The highest BCUT2D eigenvalue weighted by molar-refractivity contribution is 7.99. The second kappa shape index (κ2) is 13.9. The summed E-state index contributed by atoms with van der Waals surface area (Å²) in [7, 11) is 0. The Balaban J connectivity index is 1.08. The molecule has 1 aliphatic carbocycles. The van der Waals surface area contributed by atoms with Crippen LogP contribution in [0.15, 0.2) is 227 Å². The highest BCUT2D eigenvalue weighted by Gasteiger charge is 2.50. The number of benzene rings is 9. The van der Waals surface area contributed by atoms with Crippen molar-refractivity contribution < 1.29 is 4.42 Å². The van der Waals surface area contributed by atoms with Gasteiger partial charge < -0.3 is 4.42 Å². The molecule has 0 atom stereocenters. The van der Waals surface area contributed by atoms with Crippen molar-refractivity contribution in [3.8, 4) is 56.3 Å². The SMILES string of the molecule is c1ccc(-c2nc(-c3ccc4nc(-c5ccccc5)c5ccc6c(c5c4c3)-c3ccccc3C63c4ccccc4Sc4ccccc43)cc(-c3cccc4c3oc3ccccc34)n2)cc1. The Kier molecular flexibility index (Phi) is 7.80. The van der Waals surface area contributed by atoms with Crippen molar-refractivity contribution in [2.75, 3.05) is 0 Å². The summed E-state index contributed by atoms with van der Waals surface area (Å²) in [5.41, 5.74) is 16.3. The number of fused-ring (bicyclic) bond motifs is 16. The van der Waals surface area contributed by atoms with Crippen LogP contribution in [0.2, 0.25) is 0 Å². The number of furan rings is 1. The first-order chi connectivity index (χ1) is 32.2. The normalized spacial score (nSPS) is 13.3.